The molecule has 0 unspecified atom stereocenters. The first-order valence-electron chi connectivity index (χ1n) is 10.2. The predicted molar refractivity (Wildman–Crippen MR) is 130 cm³/mol. The maximum atomic E-state index is 11.5. The van der Waals surface area contributed by atoms with E-state index in [0.29, 0.717) is 13.1 Å². The summed E-state index contributed by atoms with van der Waals surface area (Å²) in [6, 6.07) is 8.65. The van der Waals surface area contributed by atoms with Crippen molar-refractivity contribution in [3.63, 3.8) is 0 Å². The molecular formula is C21H19ClN8O7. The van der Waals surface area contributed by atoms with Gasteiger partial charge in [-0.1, -0.05) is 24.3 Å². The number of aromatic nitrogens is 4. The molecule has 4 rings (SSSR count). The zero-order valence-electron chi connectivity index (χ0n) is 19.0. The van der Waals surface area contributed by atoms with E-state index in [-0.39, 0.29) is 28.7 Å². The van der Waals surface area contributed by atoms with E-state index in [9.17, 15) is 24.0 Å². The van der Waals surface area contributed by atoms with Crippen LogP contribution in [0.15, 0.2) is 39.9 Å². The summed E-state index contributed by atoms with van der Waals surface area (Å²) in [5.41, 5.74) is 10.8. The number of rotatable bonds is 8. The van der Waals surface area contributed by atoms with Crippen molar-refractivity contribution in [1.29, 1.82) is 0 Å². The van der Waals surface area contributed by atoms with E-state index in [2.05, 4.69) is 30.0 Å². The van der Waals surface area contributed by atoms with Gasteiger partial charge >= 0.3 is 11.9 Å². The van der Waals surface area contributed by atoms with Crippen LogP contribution in [0.25, 0.3) is 5.78 Å². The van der Waals surface area contributed by atoms with Crippen molar-refractivity contribution >= 4 is 46.8 Å². The van der Waals surface area contributed by atoms with Crippen LogP contribution in [0.3, 0.4) is 0 Å². The fraction of sp³-hybridized carbons (Fsp3) is 0.143. The number of fused-ring (bicyclic) bond motifs is 1. The lowest BCUT2D eigenvalue weighted by atomic mass is 10.1. The highest BCUT2D eigenvalue weighted by Gasteiger charge is 2.21. The Morgan fingerprint density at radius 1 is 1.11 bits per heavy atom. The molecule has 7 N–H and O–H groups in total. The van der Waals surface area contributed by atoms with Gasteiger partial charge in [-0.25, -0.2) is 19.4 Å². The van der Waals surface area contributed by atoms with Gasteiger partial charge in [-0.15, -0.1) is 5.10 Å². The molecule has 2 aromatic heterocycles. The third-order valence-electron chi connectivity index (χ3n) is 4.83. The lowest BCUT2D eigenvalue weighted by Crippen LogP contribution is -2.36. The summed E-state index contributed by atoms with van der Waals surface area (Å²) in [4.78, 5) is 65.3. The number of primary amides is 1. The number of carbonyl (C=O) groups excluding carboxylic acids is 2. The van der Waals surface area contributed by atoms with Gasteiger partial charge in [0.15, 0.2) is 11.4 Å². The Balaban J connectivity index is 0.000000206. The molecular weight excluding hydrogens is 512 g/mol. The Kier molecular flexibility index (Phi) is 8.11. The number of nitrogens with two attached hydrogens (primary N) is 2. The minimum atomic E-state index is -1.36. The second kappa shape index (κ2) is 11.2. The van der Waals surface area contributed by atoms with Crippen molar-refractivity contribution in [1.82, 2.24) is 24.4 Å². The van der Waals surface area contributed by atoms with Crippen LogP contribution in [0.5, 0.6) is 0 Å². The number of amides is 1. The maximum absolute atomic E-state index is 11.5. The monoisotopic (exact) mass is 530 g/mol. The quantitative estimate of drug-likeness (QED) is 0.109. The van der Waals surface area contributed by atoms with Gasteiger partial charge in [0.05, 0.1) is 7.11 Å². The van der Waals surface area contributed by atoms with E-state index in [1.165, 1.54) is 0 Å². The highest BCUT2D eigenvalue weighted by Crippen LogP contribution is 2.12. The molecule has 0 aliphatic carbocycles. The fourth-order valence-corrected chi connectivity index (χ4v) is 3.19. The second-order valence-corrected chi connectivity index (χ2v) is 7.53. The van der Waals surface area contributed by atoms with Gasteiger partial charge < -0.3 is 26.6 Å². The number of halogens is 1. The third kappa shape index (κ3) is 5.85. The number of hydrogen-bond donors (Lipinski definition) is 5. The highest BCUT2D eigenvalue weighted by molar-refractivity contribution is 6.13. The number of carboxylic acids is 1. The number of hydrogen-bond acceptors (Lipinski definition) is 12. The Bertz CT molecular complexity index is 1580. The molecule has 2 heterocycles. The Labute approximate surface area is 211 Å². The van der Waals surface area contributed by atoms with Gasteiger partial charge in [0.2, 0.25) is 5.82 Å². The lowest BCUT2D eigenvalue weighted by Gasteiger charge is -2.10. The SMILES string of the molecule is COC(=O)c1cc(C(=O)O)nc2nc(C(N)=O)nn12.Nc1c(NCc2cccc(CNCl)c2)c(=O)c1=O. The minimum Gasteiger partial charge on any atom is -0.477 e. The molecule has 0 spiro atoms. The van der Waals surface area contributed by atoms with Gasteiger partial charge in [0, 0.05) is 19.2 Å². The molecule has 1 amide bonds. The smallest absolute Gasteiger partial charge is 0.356 e. The lowest BCUT2D eigenvalue weighted by molar-refractivity contribution is 0.0590. The zero-order valence-corrected chi connectivity index (χ0v) is 19.8. The molecule has 0 radical (unpaired) electrons. The molecule has 0 saturated carbocycles. The minimum absolute atomic E-state index is 0.0126. The van der Waals surface area contributed by atoms with Crippen LogP contribution in [-0.2, 0) is 17.8 Å². The van der Waals surface area contributed by atoms with Crippen molar-refractivity contribution in [3.8, 4) is 0 Å². The fourth-order valence-electron chi connectivity index (χ4n) is 3.03. The molecule has 16 heteroatoms. The molecule has 0 atom stereocenters. The largest absolute Gasteiger partial charge is 0.477 e. The van der Waals surface area contributed by atoms with Crippen molar-refractivity contribution in [2.75, 3.05) is 18.2 Å². The number of methoxy groups -OCH3 is 1. The molecule has 15 nitrogen and oxygen atoms in total. The van der Waals surface area contributed by atoms with Crippen LogP contribution in [0.1, 0.15) is 42.7 Å². The molecule has 4 aromatic rings. The molecule has 37 heavy (non-hydrogen) atoms. The van der Waals surface area contributed by atoms with Crippen molar-refractivity contribution in [2.24, 2.45) is 5.73 Å². The number of benzene rings is 1. The number of nitrogens with one attached hydrogen (secondary N) is 2. The standard InChI is InChI=1S/C12H12ClN3O2.C9H7N5O5/c13-16-6-8-3-1-2-7(4-8)5-15-10-9(14)11(17)12(10)18;1-19-8(18)4-2-3(7(16)17)11-9-12-6(5(10)15)13-14(4)9/h1-4,15-16H,5-6,14H2;2H,1H3,(H2,10,15)(H,16,17). The van der Waals surface area contributed by atoms with Crippen molar-refractivity contribution in [3.05, 3.63) is 79.1 Å². The molecule has 0 aliphatic rings. The van der Waals surface area contributed by atoms with Crippen LogP contribution in [-0.4, -0.2) is 49.6 Å². The van der Waals surface area contributed by atoms with E-state index >= 15 is 0 Å². The number of ether oxygens (including phenoxy) is 1. The van der Waals surface area contributed by atoms with E-state index in [4.69, 9.17) is 28.4 Å². The van der Waals surface area contributed by atoms with Gasteiger partial charge in [-0.3, -0.25) is 14.4 Å². The average Bonchev–Trinajstić information content (AvgIpc) is 3.33. The van der Waals surface area contributed by atoms with E-state index in [1.54, 1.807) is 0 Å². The Morgan fingerprint density at radius 3 is 2.35 bits per heavy atom. The normalized spacial score (nSPS) is 10.5. The van der Waals surface area contributed by atoms with Gasteiger partial charge in [-0.2, -0.15) is 9.50 Å². The number of aromatic carboxylic acids is 1. The third-order valence-corrected chi connectivity index (χ3v) is 4.96. The van der Waals surface area contributed by atoms with Crippen LogP contribution in [0.4, 0.5) is 11.4 Å². The predicted octanol–water partition coefficient (Wildman–Crippen LogP) is -0.572. The van der Waals surface area contributed by atoms with Crippen molar-refractivity contribution in [2.45, 2.75) is 13.1 Å². The van der Waals surface area contributed by atoms with Crippen LogP contribution >= 0.6 is 11.8 Å². The van der Waals surface area contributed by atoms with Crippen LogP contribution < -0.4 is 32.5 Å². The number of carboxylic acid groups (broad SMARTS) is 1. The summed E-state index contributed by atoms with van der Waals surface area (Å²) in [6.45, 7) is 0.989. The number of nitrogens with zero attached hydrogens (tertiary/aromatic N) is 4. The number of esters is 1. The molecule has 0 bridgehead atoms. The molecule has 2 aromatic carbocycles. The van der Waals surface area contributed by atoms with Crippen LogP contribution in [0, 0.1) is 0 Å². The summed E-state index contributed by atoms with van der Waals surface area (Å²) in [5, 5.41) is 15.4. The summed E-state index contributed by atoms with van der Waals surface area (Å²) < 4.78 is 5.37. The van der Waals surface area contributed by atoms with Gasteiger partial charge in [-0.05, 0) is 22.9 Å². The number of anilines is 2. The summed E-state index contributed by atoms with van der Waals surface area (Å²) in [5.74, 6) is -3.78. The molecule has 0 fully saturated rings. The first-order valence-corrected chi connectivity index (χ1v) is 10.6. The summed E-state index contributed by atoms with van der Waals surface area (Å²) in [7, 11) is 1.11. The average molecular weight is 531 g/mol. The first-order chi connectivity index (χ1) is 17.6. The summed E-state index contributed by atoms with van der Waals surface area (Å²) >= 11 is 5.43. The number of carbonyl (C=O) groups is 3. The van der Waals surface area contributed by atoms with Crippen LogP contribution in [0.2, 0.25) is 0 Å². The Hall–Kier alpha value is -4.89. The second-order valence-electron chi connectivity index (χ2n) is 7.27. The molecule has 192 valence electrons. The van der Waals surface area contributed by atoms with Crippen molar-refractivity contribution < 1.29 is 24.2 Å². The van der Waals surface area contributed by atoms with E-state index < -0.39 is 34.4 Å². The van der Waals surface area contributed by atoms with Gasteiger partial charge in [0.1, 0.15) is 11.4 Å². The van der Waals surface area contributed by atoms with E-state index in [0.717, 1.165) is 28.8 Å². The zero-order chi connectivity index (χ0) is 27.3. The van der Waals surface area contributed by atoms with Gasteiger partial charge in [0.25, 0.3) is 22.5 Å². The number of nitrogen functional groups attached to an aromatic ring is 1. The molecule has 0 saturated heterocycles. The van der Waals surface area contributed by atoms with E-state index in [1.807, 2.05) is 24.3 Å². The maximum Gasteiger partial charge on any atom is 0.356 e. The summed E-state index contributed by atoms with van der Waals surface area (Å²) in [6.07, 6.45) is 0. The topological polar surface area (TPSA) is 234 Å². The highest BCUT2D eigenvalue weighted by atomic mass is 35.5. The first kappa shape index (κ1) is 26.7. The molecule has 0 aliphatic heterocycles. The Morgan fingerprint density at radius 2 is 1.78 bits per heavy atom.